The standard InChI is InChI=1S/C15H27N5O/c1-4-5-6-7-17-15(16-2)20-8-9-21-14(12-20)13-10-18-19(3)11-13/h10-11,14H,4-9,12H2,1-3H3,(H,16,17). The summed E-state index contributed by atoms with van der Waals surface area (Å²) in [5.74, 6) is 0.975. The summed E-state index contributed by atoms with van der Waals surface area (Å²) < 4.78 is 7.68. The lowest BCUT2D eigenvalue weighted by Gasteiger charge is -2.34. The minimum absolute atomic E-state index is 0.0710. The minimum atomic E-state index is 0.0710. The van der Waals surface area contributed by atoms with Crippen molar-refractivity contribution in [1.29, 1.82) is 0 Å². The predicted molar refractivity (Wildman–Crippen MR) is 84.4 cm³/mol. The average molecular weight is 293 g/mol. The zero-order valence-electron chi connectivity index (χ0n) is 13.4. The van der Waals surface area contributed by atoms with Crippen molar-refractivity contribution in [2.24, 2.45) is 12.0 Å². The first-order chi connectivity index (χ1) is 10.2. The number of guanidine groups is 1. The Hall–Kier alpha value is -1.56. The second kappa shape index (κ2) is 8.02. The molecule has 0 bridgehead atoms. The summed E-state index contributed by atoms with van der Waals surface area (Å²) in [6, 6.07) is 0. The molecule has 1 atom stereocenters. The molecule has 1 aromatic heterocycles. The van der Waals surface area contributed by atoms with E-state index in [4.69, 9.17) is 4.74 Å². The summed E-state index contributed by atoms with van der Waals surface area (Å²) in [6.45, 7) is 5.61. The van der Waals surface area contributed by atoms with Gasteiger partial charge in [-0.05, 0) is 6.42 Å². The Kier molecular flexibility index (Phi) is 6.04. The average Bonchev–Trinajstić information content (AvgIpc) is 2.94. The fraction of sp³-hybridized carbons (Fsp3) is 0.733. The van der Waals surface area contributed by atoms with Gasteiger partial charge in [-0.1, -0.05) is 19.8 Å². The Bertz CT molecular complexity index is 457. The molecule has 1 saturated heterocycles. The van der Waals surface area contributed by atoms with E-state index in [9.17, 15) is 0 Å². The molecular weight excluding hydrogens is 266 g/mol. The fourth-order valence-corrected chi connectivity index (χ4v) is 2.56. The van der Waals surface area contributed by atoms with E-state index in [1.54, 1.807) is 0 Å². The first-order valence-corrected chi connectivity index (χ1v) is 7.80. The van der Waals surface area contributed by atoms with Crippen molar-refractivity contribution in [1.82, 2.24) is 20.0 Å². The molecule has 1 aliphatic heterocycles. The van der Waals surface area contributed by atoms with Crippen LogP contribution in [0.1, 0.15) is 37.9 Å². The topological polar surface area (TPSA) is 54.7 Å². The molecule has 1 N–H and O–H groups in total. The molecule has 0 amide bonds. The van der Waals surface area contributed by atoms with E-state index in [0.717, 1.165) is 37.8 Å². The van der Waals surface area contributed by atoms with Crippen LogP contribution >= 0.6 is 0 Å². The summed E-state index contributed by atoms with van der Waals surface area (Å²) >= 11 is 0. The third kappa shape index (κ3) is 4.46. The monoisotopic (exact) mass is 293 g/mol. The van der Waals surface area contributed by atoms with Crippen LogP contribution in [0, 0.1) is 0 Å². The molecule has 6 nitrogen and oxygen atoms in total. The number of aliphatic imine (C=N–C) groups is 1. The highest BCUT2D eigenvalue weighted by Crippen LogP contribution is 2.21. The smallest absolute Gasteiger partial charge is 0.193 e. The van der Waals surface area contributed by atoms with E-state index in [2.05, 4.69) is 27.2 Å². The molecule has 0 spiro atoms. The normalized spacial score (nSPS) is 19.9. The number of ether oxygens (including phenoxy) is 1. The molecule has 118 valence electrons. The number of nitrogens with one attached hydrogen (secondary N) is 1. The Morgan fingerprint density at radius 3 is 3.05 bits per heavy atom. The second-order valence-electron chi connectivity index (χ2n) is 5.43. The van der Waals surface area contributed by atoms with Crippen molar-refractivity contribution in [3.8, 4) is 0 Å². The summed E-state index contributed by atoms with van der Waals surface area (Å²) in [7, 11) is 3.77. The lowest BCUT2D eigenvalue weighted by molar-refractivity contribution is -0.00802. The van der Waals surface area contributed by atoms with Crippen LogP contribution in [0.2, 0.25) is 0 Å². The van der Waals surface area contributed by atoms with Gasteiger partial charge in [0.05, 0.1) is 19.3 Å². The number of aryl methyl sites for hydroxylation is 1. The molecule has 1 aliphatic rings. The van der Waals surface area contributed by atoms with Crippen LogP contribution in [-0.4, -0.2) is 53.9 Å². The molecule has 0 aliphatic carbocycles. The third-order valence-corrected chi connectivity index (χ3v) is 3.74. The highest BCUT2D eigenvalue weighted by molar-refractivity contribution is 5.80. The van der Waals surface area contributed by atoms with E-state index < -0.39 is 0 Å². The highest BCUT2D eigenvalue weighted by Gasteiger charge is 2.24. The van der Waals surface area contributed by atoms with Crippen LogP contribution in [0.25, 0.3) is 0 Å². The van der Waals surface area contributed by atoms with Crippen molar-refractivity contribution in [2.75, 3.05) is 33.3 Å². The molecule has 0 saturated carbocycles. The van der Waals surface area contributed by atoms with Crippen LogP contribution in [0.15, 0.2) is 17.4 Å². The minimum Gasteiger partial charge on any atom is -0.370 e. The van der Waals surface area contributed by atoms with Crippen molar-refractivity contribution in [3.05, 3.63) is 18.0 Å². The van der Waals surface area contributed by atoms with Gasteiger partial charge in [0.1, 0.15) is 6.10 Å². The van der Waals surface area contributed by atoms with E-state index in [0.29, 0.717) is 0 Å². The van der Waals surface area contributed by atoms with Gasteiger partial charge in [0.15, 0.2) is 5.96 Å². The van der Waals surface area contributed by atoms with E-state index >= 15 is 0 Å². The summed E-state index contributed by atoms with van der Waals surface area (Å²) in [5, 5.41) is 7.67. The van der Waals surface area contributed by atoms with Gasteiger partial charge in [-0.15, -0.1) is 0 Å². The number of nitrogens with zero attached hydrogens (tertiary/aromatic N) is 4. The number of morpholine rings is 1. The molecule has 1 aromatic rings. The summed E-state index contributed by atoms with van der Waals surface area (Å²) in [5.41, 5.74) is 1.13. The van der Waals surface area contributed by atoms with Gasteiger partial charge in [0, 0.05) is 38.9 Å². The lowest BCUT2D eigenvalue weighted by Crippen LogP contribution is -2.48. The largest absolute Gasteiger partial charge is 0.370 e. The van der Waals surface area contributed by atoms with E-state index in [1.807, 2.05) is 31.2 Å². The first kappa shape index (κ1) is 15.8. The van der Waals surface area contributed by atoms with Gasteiger partial charge in [-0.3, -0.25) is 9.67 Å². The van der Waals surface area contributed by atoms with Crippen LogP contribution < -0.4 is 5.32 Å². The van der Waals surface area contributed by atoms with E-state index in [1.165, 1.54) is 19.3 Å². The quantitative estimate of drug-likeness (QED) is 0.508. The van der Waals surface area contributed by atoms with E-state index in [-0.39, 0.29) is 6.10 Å². The van der Waals surface area contributed by atoms with Crippen molar-refractivity contribution >= 4 is 5.96 Å². The van der Waals surface area contributed by atoms with Crippen LogP contribution in [-0.2, 0) is 11.8 Å². The molecule has 6 heteroatoms. The Balaban J connectivity index is 1.89. The first-order valence-electron chi connectivity index (χ1n) is 7.80. The molecule has 2 heterocycles. The maximum Gasteiger partial charge on any atom is 0.193 e. The van der Waals surface area contributed by atoms with Gasteiger partial charge in [0.2, 0.25) is 0 Å². The van der Waals surface area contributed by atoms with Crippen LogP contribution in [0.3, 0.4) is 0 Å². The molecule has 1 unspecified atom stereocenters. The third-order valence-electron chi connectivity index (χ3n) is 3.74. The van der Waals surface area contributed by atoms with Crippen molar-refractivity contribution in [2.45, 2.75) is 32.3 Å². The highest BCUT2D eigenvalue weighted by atomic mass is 16.5. The number of hydrogen-bond donors (Lipinski definition) is 1. The van der Waals surface area contributed by atoms with Gasteiger partial charge in [-0.2, -0.15) is 5.10 Å². The maximum absolute atomic E-state index is 5.87. The summed E-state index contributed by atoms with van der Waals surface area (Å²) in [4.78, 5) is 6.67. The molecule has 0 aromatic carbocycles. The zero-order chi connectivity index (χ0) is 15.1. The zero-order valence-corrected chi connectivity index (χ0v) is 13.4. The maximum atomic E-state index is 5.87. The Morgan fingerprint density at radius 1 is 1.52 bits per heavy atom. The molecule has 2 rings (SSSR count). The number of aromatic nitrogens is 2. The van der Waals surface area contributed by atoms with Gasteiger partial charge in [-0.25, -0.2) is 0 Å². The van der Waals surface area contributed by atoms with Crippen molar-refractivity contribution < 1.29 is 4.74 Å². The van der Waals surface area contributed by atoms with Gasteiger partial charge >= 0.3 is 0 Å². The van der Waals surface area contributed by atoms with Crippen LogP contribution in [0.5, 0.6) is 0 Å². The van der Waals surface area contributed by atoms with Crippen LogP contribution in [0.4, 0.5) is 0 Å². The number of rotatable bonds is 5. The van der Waals surface area contributed by atoms with Gasteiger partial charge in [0.25, 0.3) is 0 Å². The summed E-state index contributed by atoms with van der Waals surface area (Å²) in [6.07, 6.45) is 7.65. The predicted octanol–water partition coefficient (Wildman–Crippen LogP) is 1.56. The number of unbranched alkanes of at least 4 members (excludes halogenated alkanes) is 2. The molecule has 21 heavy (non-hydrogen) atoms. The Morgan fingerprint density at radius 2 is 2.38 bits per heavy atom. The second-order valence-corrected chi connectivity index (χ2v) is 5.43. The van der Waals surface area contributed by atoms with Crippen molar-refractivity contribution in [3.63, 3.8) is 0 Å². The SMILES string of the molecule is CCCCCNC(=NC)N1CCOC(c2cnn(C)c2)C1. The molecule has 1 fully saturated rings. The van der Waals surface area contributed by atoms with Gasteiger partial charge < -0.3 is 15.0 Å². The number of hydrogen-bond acceptors (Lipinski definition) is 3. The fourth-order valence-electron chi connectivity index (χ4n) is 2.56. The lowest BCUT2D eigenvalue weighted by atomic mass is 10.1. The molecular formula is C15H27N5O. The Labute approximate surface area is 127 Å². The molecule has 0 radical (unpaired) electrons.